The molecule has 0 spiro atoms. The Bertz CT molecular complexity index is 887. The summed E-state index contributed by atoms with van der Waals surface area (Å²) in [6, 6.07) is 10.5. The van der Waals surface area contributed by atoms with E-state index in [1.807, 2.05) is 12.1 Å². The smallest absolute Gasteiger partial charge is 0.339 e. The van der Waals surface area contributed by atoms with Crippen LogP contribution in [0.3, 0.4) is 0 Å². The Morgan fingerprint density at radius 2 is 2.12 bits per heavy atom. The predicted molar refractivity (Wildman–Crippen MR) is 96.0 cm³/mol. The molecule has 6 nitrogen and oxygen atoms in total. The first-order valence-corrected chi connectivity index (χ1v) is 8.02. The molecule has 0 saturated heterocycles. The molecular weight excluding hydrogens is 340 g/mol. The minimum absolute atomic E-state index is 0.299. The summed E-state index contributed by atoms with van der Waals surface area (Å²) in [4.78, 5) is 24.6. The van der Waals surface area contributed by atoms with Crippen molar-refractivity contribution < 1.29 is 9.53 Å². The average Bonchev–Trinajstić information content (AvgIpc) is 2.63. The molecule has 7 heteroatoms. The van der Waals surface area contributed by atoms with Gasteiger partial charge in [0.15, 0.2) is 5.82 Å². The summed E-state index contributed by atoms with van der Waals surface area (Å²) in [5, 5.41) is 3.46. The molecule has 0 atom stereocenters. The number of halogens is 1. The number of anilines is 2. The van der Waals surface area contributed by atoms with Gasteiger partial charge in [-0.05, 0) is 43.3 Å². The highest BCUT2D eigenvalue weighted by molar-refractivity contribution is 6.33. The first-order valence-electron chi connectivity index (χ1n) is 7.64. The normalized spacial score (nSPS) is 10.3. The summed E-state index contributed by atoms with van der Waals surface area (Å²) in [7, 11) is 0. The fourth-order valence-electron chi connectivity index (χ4n) is 2.18. The molecule has 25 heavy (non-hydrogen) atoms. The van der Waals surface area contributed by atoms with Crippen molar-refractivity contribution in [2.45, 2.75) is 6.92 Å². The highest BCUT2D eigenvalue weighted by Crippen LogP contribution is 2.24. The Hall–Kier alpha value is -2.99. The van der Waals surface area contributed by atoms with Crippen LogP contribution in [0, 0.1) is 0 Å². The second kappa shape index (κ2) is 7.72. The maximum Gasteiger partial charge on any atom is 0.339 e. The lowest BCUT2D eigenvalue weighted by Gasteiger charge is -2.09. The zero-order chi connectivity index (χ0) is 17.6. The summed E-state index contributed by atoms with van der Waals surface area (Å²) < 4.78 is 4.96. The quantitative estimate of drug-likeness (QED) is 0.695. The first kappa shape index (κ1) is 16.9. The topological polar surface area (TPSA) is 77.0 Å². The number of rotatable bonds is 5. The van der Waals surface area contributed by atoms with Gasteiger partial charge in [-0.2, -0.15) is 0 Å². The van der Waals surface area contributed by atoms with Crippen LogP contribution in [0.25, 0.3) is 11.4 Å². The van der Waals surface area contributed by atoms with E-state index in [0.29, 0.717) is 34.5 Å². The largest absolute Gasteiger partial charge is 0.462 e. The summed E-state index contributed by atoms with van der Waals surface area (Å²) in [6.45, 7) is 2.05. The Kier molecular flexibility index (Phi) is 5.20. The van der Waals surface area contributed by atoms with Crippen LogP contribution in [0.1, 0.15) is 17.3 Å². The summed E-state index contributed by atoms with van der Waals surface area (Å²) >= 11 is 6.17. The van der Waals surface area contributed by atoms with E-state index in [0.717, 1.165) is 5.56 Å². The van der Waals surface area contributed by atoms with Gasteiger partial charge in [0.1, 0.15) is 5.82 Å². The van der Waals surface area contributed by atoms with Crippen molar-refractivity contribution in [2.24, 2.45) is 0 Å². The van der Waals surface area contributed by atoms with Crippen molar-refractivity contribution >= 4 is 29.1 Å². The van der Waals surface area contributed by atoms with Gasteiger partial charge in [-0.25, -0.2) is 14.8 Å². The zero-order valence-electron chi connectivity index (χ0n) is 13.4. The molecule has 1 aromatic carbocycles. The molecule has 0 bridgehead atoms. The molecule has 0 aliphatic carbocycles. The summed E-state index contributed by atoms with van der Waals surface area (Å²) in [5.41, 5.74) is 1.85. The lowest BCUT2D eigenvalue weighted by molar-refractivity contribution is 0.0526. The third-order valence-corrected chi connectivity index (χ3v) is 3.62. The molecule has 126 valence electrons. The van der Waals surface area contributed by atoms with Gasteiger partial charge in [0.2, 0.25) is 0 Å². The SMILES string of the molecule is CCOC(=O)c1ccc(Nc2ccnc(-c3cccnc3)n2)cc1Cl. The molecule has 2 aromatic heterocycles. The highest BCUT2D eigenvalue weighted by atomic mass is 35.5. The van der Waals surface area contributed by atoms with Crippen molar-refractivity contribution in [3.63, 3.8) is 0 Å². The fraction of sp³-hybridized carbons (Fsp3) is 0.111. The summed E-state index contributed by atoms with van der Waals surface area (Å²) in [6.07, 6.45) is 5.05. The molecule has 3 aromatic rings. The molecule has 1 N–H and O–H groups in total. The standard InChI is InChI=1S/C18H15ClN4O2/c1-2-25-18(24)14-6-5-13(10-15(14)19)22-16-7-9-21-17(23-16)12-4-3-8-20-11-12/h3-11H,2H2,1H3,(H,21,22,23). The second-order valence-corrected chi connectivity index (χ2v) is 5.45. The zero-order valence-corrected chi connectivity index (χ0v) is 14.2. The van der Waals surface area contributed by atoms with Gasteiger partial charge in [-0.3, -0.25) is 4.98 Å². The number of benzene rings is 1. The minimum Gasteiger partial charge on any atom is -0.462 e. The molecule has 3 rings (SSSR count). The number of pyridine rings is 1. The van der Waals surface area contributed by atoms with Crippen LogP contribution in [-0.2, 0) is 4.74 Å². The maximum absolute atomic E-state index is 11.8. The average molecular weight is 355 g/mol. The monoisotopic (exact) mass is 354 g/mol. The van der Waals surface area contributed by atoms with Crippen LogP contribution < -0.4 is 5.32 Å². The number of nitrogens with one attached hydrogen (secondary N) is 1. The molecule has 2 heterocycles. The van der Waals surface area contributed by atoms with E-state index in [2.05, 4.69) is 20.3 Å². The van der Waals surface area contributed by atoms with Gasteiger partial charge in [0, 0.05) is 29.8 Å². The van der Waals surface area contributed by atoms with Gasteiger partial charge in [-0.15, -0.1) is 0 Å². The van der Waals surface area contributed by atoms with Gasteiger partial charge < -0.3 is 10.1 Å². The Labute approximate surface area is 149 Å². The Morgan fingerprint density at radius 3 is 2.84 bits per heavy atom. The number of esters is 1. The number of hydrogen-bond acceptors (Lipinski definition) is 6. The number of aromatic nitrogens is 3. The molecule has 0 saturated carbocycles. The lowest BCUT2D eigenvalue weighted by Crippen LogP contribution is -2.05. The molecule has 0 fully saturated rings. The summed E-state index contributed by atoms with van der Waals surface area (Å²) in [5.74, 6) is 0.723. The van der Waals surface area contributed by atoms with Crippen molar-refractivity contribution in [2.75, 3.05) is 11.9 Å². The third kappa shape index (κ3) is 4.10. The minimum atomic E-state index is -0.444. The number of carbonyl (C=O) groups is 1. The van der Waals surface area contributed by atoms with Crippen LogP contribution in [0.4, 0.5) is 11.5 Å². The number of nitrogens with zero attached hydrogens (tertiary/aromatic N) is 3. The maximum atomic E-state index is 11.8. The van der Waals surface area contributed by atoms with Gasteiger partial charge in [-0.1, -0.05) is 11.6 Å². The van der Waals surface area contributed by atoms with E-state index < -0.39 is 5.97 Å². The van der Waals surface area contributed by atoms with Crippen LogP contribution in [0.15, 0.2) is 55.0 Å². The van der Waals surface area contributed by atoms with E-state index in [1.54, 1.807) is 49.8 Å². The van der Waals surface area contributed by atoms with Crippen molar-refractivity contribution in [3.8, 4) is 11.4 Å². The van der Waals surface area contributed by atoms with E-state index in [1.165, 1.54) is 0 Å². The van der Waals surface area contributed by atoms with Crippen LogP contribution in [0.2, 0.25) is 5.02 Å². The predicted octanol–water partition coefficient (Wildman–Crippen LogP) is 4.11. The van der Waals surface area contributed by atoms with E-state index in [4.69, 9.17) is 16.3 Å². The first-order chi connectivity index (χ1) is 12.2. The number of carbonyl (C=O) groups excluding carboxylic acids is 1. The van der Waals surface area contributed by atoms with Crippen LogP contribution >= 0.6 is 11.6 Å². The van der Waals surface area contributed by atoms with Crippen molar-refractivity contribution in [1.82, 2.24) is 15.0 Å². The second-order valence-electron chi connectivity index (χ2n) is 5.05. The Balaban J connectivity index is 1.81. The van der Waals surface area contributed by atoms with Gasteiger partial charge >= 0.3 is 5.97 Å². The number of ether oxygens (including phenoxy) is 1. The van der Waals surface area contributed by atoms with Crippen LogP contribution in [-0.4, -0.2) is 27.5 Å². The van der Waals surface area contributed by atoms with Crippen molar-refractivity contribution in [1.29, 1.82) is 0 Å². The van der Waals surface area contributed by atoms with Gasteiger partial charge in [0.05, 0.1) is 17.2 Å². The molecule has 0 aliphatic heterocycles. The third-order valence-electron chi connectivity index (χ3n) is 3.31. The number of hydrogen-bond donors (Lipinski definition) is 1. The molecule has 0 unspecified atom stereocenters. The molecule has 0 radical (unpaired) electrons. The van der Waals surface area contributed by atoms with Crippen LogP contribution in [0.5, 0.6) is 0 Å². The molecule has 0 aliphatic rings. The van der Waals surface area contributed by atoms with E-state index in [9.17, 15) is 4.79 Å². The van der Waals surface area contributed by atoms with Crippen molar-refractivity contribution in [3.05, 3.63) is 65.6 Å². The van der Waals surface area contributed by atoms with E-state index >= 15 is 0 Å². The molecular formula is C18H15ClN4O2. The van der Waals surface area contributed by atoms with Gasteiger partial charge in [0.25, 0.3) is 0 Å². The lowest BCUT2D eigenvalue weighted by atomic mass is 10.2. The highest BCUT2D eigenvalue weighted by Gasteiger charge is 2.12. The van der Waals surface area contributed by atoms with E-state index in [-0.39, 0.29) is 0 Å². The molecule has 0 amide bonds. The fourth-order valence-corrected chi connectivity index (χ4v) is 2.44. The Morgan fingerprint density at radius 1 is 1.24 bits per heavy atom.